The van der Waals surface area contributed by atoms with E-state index in [1.54, 1.807) is 60.7 Å². The molecule has 0 spiro atoms. The van der Waals surface area contributed by atoms with Crippen molar-refractivity contribution in [2.45, 2.75) is 0 Å². The van der Waals surface area contributed by atoms with Gasteiger partial charge in [0, 0.05) is 22.6 Å². The zero-order valence-electron chi connectivity index (χ0n) is 14.9. The van der Waals surface area contributed by atoms with Gasteiger partial charge in [0.2, 0.25) is 0 Å². The van der Waals surface area contributed by atoms with Crippen LogP contribution in [0.15, 0.2) is 66.0 Å². The van der Waals surface area contributed by atoms with Gasteiger partial charge in [-0.05, 0) is 53.9 Å². The Labute approximate surface area is 165 Å². The fourth-order valence-corrected chi connectivity index (χ4v) is 2.97. The molecule has 0 aliphatic heterocycles. The molecule has 3 N–H and O–H groups in total. The Morgan fingerprint density at radius 2 is 1.46 bits per heavy atom. The van der Waals surface area contributed by atoms with Gasteiger partial charge in [-0.1, -0.05) is 12.1 Å². The van der Waals surface area contributed by atoms with Gasteiger partial charge in [0.15, 0.2) is 0 Å². The molecular weight excluding hydrogens is 378 g/mol. The maximum Gasteiger partial charge on any atom is 0.411 e. The molecule has 3 aromatic rings. The summed E-state index contributed by atoms with van der Waals surface area (Å²) >= 11 is 1.34. The van der Waals surface area contributed by atoms with Crippen molar-refractivity contribution in [3.63, 3.8) is 0 Å². The molecule has 0 saturated heterocycles. The summed E-state index contributed by atoms with van der Waals surface area (Å²) in [5.74, 6) is -0.540. The number of hydrogen-bond acceptors (Lipinski definition) is 5. The molecule has 0 unspecified atom stereocenters. The summed E-state index contributed by atoms with van der Waals surface area (Å²) in [6.07, 6.45) is -0.571. The van der Waals surface area contributed by atoms with Crippen molar-refractivity contribution in [2.75, 3.05) is 23.1 Å². The molecule has 1 heterocycles. The molecule has 3 amide bonds. The fraction of sp³-hybridized carbons (Fsp3) is 0.0500. The average Bonchev–Trinajstić information content (AvgIpc) is 3.24. The highest BCUT2D eigenvalue weighted by Gasteiger charge is 2.10. The molecule has 7 nitrogen and oxygen atoms in total. The summed E-state index contributed by atoms with van der Waals surface area (Å²) in [6, 6.07) is 16.8. The van der Waals surface area contributed by atoms with E-state index in [4.69, 9.17) is 0 Å². The third kappa shape index (κ3) is 4.95. The number of rotatable bonds is 5. The lowest BCUT2D eigenvalue weighted by atomic mass is 10.1. The summed E-state index contributed by atoms with van der Waals surface area (Å²) < 4.78 is 4.52. The van der Waals surface area contributed by atoms with Gasteiger partial charge in [-0.3, -0.25) is 14.9 Å². The van der Waals surface area contributed by atoms with Crippen LogP contribution in [0.25, 0.3) is 0 Å². The first-order valence-electron chi connectivity index (χ1n) is 8.26. The second kappa shape index (κ2) is 8.83. The number of amides is 3. The first kappa shape index (κ1) is 19.1. The van der Waals surface area contributed by atoms with Gasteiger partial charge < -0.3 is 15.4 Å². The van der Waals surface area contributed by atoms with E-state index in [9.17, 15) is 14.4 Å². The van der Waals surface area contributed by atoms with Gasteiger partial charge in [0.05, 0.1) is 12.0 Å². The van der Waals surface area contributed by atoms with E-state index in [0.717, 1.165) is 0 Å². The lowest BCUT2D eigenvalue weighted by Crippen LogP contribution is -2.14. The monoisotopic (exact) mass is 395 g/mol. The predicted octanol–water partition coefficient (Wildman–Crippen LogP) is 4.43. The molecule has 2 aromatic carbocycles. The SMILES string of the molecule is COC(=O)Nc1ccc(NC(=O)c2cccc(NC(=O)c3cccs3)c2)cc1. The Morgan fingerprint density at radius 1 is 0.786 bits per heavy atom. The van der Waals surface area contributed by atoms with Crippen LogP contribution >= 0.6 is 11.3 Å². The summed E-state index contributed by atoms with van der Waals surface area (Å²) in [6.45, 7) is 0. The highest BCUT2D eigenvalue weighted by Crippen LogP contribution is 2.18. The van der Waals surface area contributed by atoms with Crippen molar-refractivity contribution in [3.8, 4) is 0 Å². The number of benzene rings is 2. The molecule has 0 bridgehead atoms. The molecule has 28 heavy (non-hydrogen) atoms. The smallest absolute Gasteiger partial charge is 0.411 e. The highest BCUT2D eigenvalue weighted by molar-refractivity contribution is 7.12. The molecule has 0 aliphatic carbocycles. The minimum Gasteiger partial charge on any atom is -0.453 e. The molecule has 0 saturated carbocycles. The summed E-state index contributed by atoms with van der Waals surface area (Å²) in [5, 5.41) is 9.89. The zero-order valence-corrected chi connectivity index (χ0v) is 15.7. The van der Waals surface area contributed by atoms with Gasteiger partial charge >= 0.3 is 6.09 Å². The van der Waals surface area contributed by atoms with E-state index >= 15 is 0 Å². The van der Waals surface area contributed by atoms with Gasteiger partial charge in [-0.25, -0.2) is 4.79 Å². The molecule has 1 aromatic heterocycles. The Balaban J connectivity index is 1.64. The molecule has 0 atom stereocenters. The van der Waals surface area contributed by atoms with Crippen LogP contribution in [0, 0.1) is 0 Å². The van der Waals surface area contributed by atoms with Crippen LogP contribution in [-0.2, 0) is 4.74 Å². The van der Waals surface area contributed by atoms with E-state index in [0.29, 0.717) is 27.5 Å². The van der Waals surface area contributed by atoms with E-state index in [-0.39, 0.29) is 11.8 Å². The number of anilines is 3. The quantitative estimate of drug-likeness (QED) is 0.595. The molecule has 0 fully saturated rings. The first-order chi connectivity index (χ1) is 13.5. The summed E-state index contributed by atoms with van der Waals surface area (Å²) in [5.41, 5.74) is 2.04. The molecule has 142 valence electrons. The second-order valence-corrected chi connectivity index (χ2v) is 6.61. The number of hydrogen-bond donors (Lipinski definition) is 3. The standard InChI is InChI=1S/C20H17N3O4S/c1-27-20(26)23-15-9-7-14(8-10-15)21-18(24)13-4-2-5-16(12-13)22-19(25)17-6-3-11-28-17/h2-12H,1H3,(H,21,24)(H,22,25)(H,23,26). The number of carbonyl (C=O) groups is 3. The highest BCUT2D eigenvalue weighted by atomic mass is 32.1. The van der Waals surface area contributed by atoms with Crippen molar-refractivity contribution in [3.05, 3.63) is 76.5 Å². The zero-order chi connectivity index (χ0) is 19.9. The van der Waals surface area contributed by atoms with Crippen LogP contribution in [0.5, 0.6) is 0 Å². The summed E-state index contributed by atoms with van der Waals surface area (Å²) in [7, 11) is 1.28. The number of methoxy groups -OCH3 is 1. The molecule has 0 aliphatic rings. The first-order valence-corrected chi connectivity index (χ1v) is 9.14. The molecule has 0 radical (unpaired) electrons. The maximum atomic E-state index is 12.5. The number of nitrogens with one attached hydrogen (secondary N) is 3. The van der Waals surface area contributed by atoms with Crippen LogP contribution in [0.2, 0.25) is 0 Å². The lowest BCUT2D eigenvalue weighted by molar-refractivity contribution is 0.101. The van der Waals surface area contributed by atoms with Crippen molar-refractivity contribution in [1.29, 1.82) is 0 Å². The van der Waals surface area contributed by atoms with Crippen LogP contribution < -0.4 is 16.0 Å². The van der Waals surface area contributed by atoms with Crippen molar-refractivity contribution in [2.24, 2.45) is 0 Å². The maximum absolute atomic E-state index is 12.5. The Morgan fingerprint density at radius 3 is 2.11 bits per heavy atom. The number of ether oxygens (including phenoxy) is 1. The van der Waals surface area contributed by atoms with Crippen LogP contribution in [-0.4, -0.2) is 25.0 Å². The largest absolute Gasteiger partial charge is 0.453 e. The third-order valence-corrected chi connectivity index (χ3v) is 4.57. The Hall–Kier alpha value is -3.65. The average molecular weight is 395 g/mol. The topological polar surface area (TPSA) is 96.5 Å². The van der Waals surface area contributed by atoms with E-state index in [1.165, 1.54) is 18.4 Å². The molecular formula is C20H17N3O4S. The molecule has 8 heteroatoms. The van der Waals surface area contributed by atoms with Gasteiger partial charge in [-0.15, -0.1) is 11.3 Å². The third-order valence-electron chi connectivity index (χ3n) is 3.70. The lowest BCUT2D eigenvalue weighted by Gasteiger charge is -2.09. The number of carbonyl (C=O) groups excluding carboxylic acids is 3. The van der Waals surface area contributed by atoms with Crippen LogP contribution in [0.4, 0.5) is 21.9 Å². The van der Waals surface area contributed by atoms with Gasteiger partial charge in [0.25, 0.3) is 11.8 Å². The van der Waals surface area contributed by atoms with Crippen molar-refractivity contribution < 1.29 is 19.1 Å². The minimum atomic E-state index is -0.571. The normalized spacial score (nSPS) is 10.0. The Bertz CT molecular complexity index is 985. The fourth-order valence-electron chi connectivity index (χ4n) is 2.35. The second-order valence-electron chi connectivity index (χ2n) is 5.66. The van der Waals surface area contributed by atoms with Gasteiger partial charge in [0.1, 0.15) is 0 Å². The Kier molecular flexibility index (Phi) is 6.03. The van der Waals surface area contributed by atoms with Crippen molar-refractivity contribution >= 4 is 46.3 Å². The minimum absolute atomic E-state index is 0.221. The van der Waals surface area contributed by atoms with E-state index in [1.807, 2.05) is 5.38 Å². The van der Waals surface area contributed by atoms with E-state index < -0.39 is 6.09 Å². The van der Waals surface area contributed by atoms with E-state index in [2.05, 4.69) is 20.7 Å². The van der Waals surface area contributed by atoms with Crippen molar-refractivity contribution in [1.82, 2.24) is 0 Å². The van der Waals surface area contributed by atoms with Gasteiger partial charge in [-0.2, -0.15) is 0 Å². The van der Waals surface area contributed by atoms with Crippen LogP contribution in [0.1, 0.15) is 20.0 Å². The predicted molar refractivity (Wildman–Crippen MR) is 109 cm³/mol. The molecule has 3 rings (SSSR count). The number of thiophene rings is 1. The summed E-state index contributed by atoms with van der Waals surface area (Å²) in [4.78, 5) is 36.4. The van der Waals surface area contributed by atoms with Crippen LogP contribution in [0.3, 0.4) is 0 Å².